The van der Waals surface area contributed by atoms with Crippen LogP contribution in [0, 0.1) is 5.82 Å². The number of carbonyl (C=O) groups excluding carboxylic acids is 3. The van der Waals surface area contributed by atoms with Crippen molar-refractivity contribution in [3.63, 3.8) is 0 Å². The summed E-state index contributed by atoms with van der Waals surface area (Å²) in [4.78, 5) is 57.9. The Morgan fingerprint density at radius 2 is 1.92 bits per heavy atom. The largest absolute Gasteiger partial charge is 0.356 e. The highest BCUT2D eigenvalue weighted by Gasteiger charge is 2.40. The summed E-state index contributed by atoms with van der Waals surface area (Å²) >= 11 is 5.73. The fraction of sp³-hybridized carbons (Fsp3) is 0.292. The Balaban J connectivity index is 1.51. The molecule has 4 rings (SSSR count). The average molecular weight is 554 g/mol. The molecule has 3 N–H and O–H groups in total. The van der Waals surface area contributed by atoms with E-state index in [9.17, 15) is 37.5 Å². The number of hydrogen-bond acceptors (Lipinski definition) is 4. The first kappa shape index (κ1) is 26.9. The molecule has 1 aromatic heterocycles. The van der Waals surface area contributed by atoms with Crippen LogP contribution in [-0.2, 0) is 27.2 Å². The lowest BCUT2D eigenvalue weighted by molar-refractivity contribution is -0.139. The fourth-order valence-electron chi connectivity index (χ4n) is 4.43. The standard InChI is InChI=1S/C24H23ClF2N3O6P/c1-13(31)18-11-29(20-5-3-2-4-17(18)20)12-22(32)30-10-15(26)7-21(30)24(33)28-9-14-6-16(37(34,35)36)8-19(25)23(14)27/h2-6,8,11,15,21H,7,9-10,12H2,1H3,(H,28,33)(H2,34,35,36)/t15-,21+/m1/s1. The van der Waals surface area contributed by atoms with Crippen LogP contribution in [0.5, 0.6) is 0 Å². The highest BCUT2D eigenvalue weighted by molar-refractivity contribution is 7.60. The molecule has 0 unspecified atom stereocenters. The molecule has 0 bridgehead atoms. The molecular weight excluding hydrogens is 531 g/mol. The maximum absolute atomic E-state index is 14.4. The Bertz CT molecular complexity index is 1460. The van der Waals surface area contributed by atoms with Crippen molar-refractivity contribution in [1.82, 2.24) is 14.8 Å². The minimum absolute atomic E-state index is 0.181. The molecule has 3 aromatic rings. The molecule has 1 aliphatic rings. The zero-order valence-corrected chi connectivity index (χ0v) is 21.2. The van der Waals surface area contributed by atoms with Crippen LogP contribution in [0.4, 0.5) is 8.78 Å². The molecule has 1 saturated heterocycles. The van der Waals surface area contributed by atoms with E-state index in [0.29, 0.717) is 16.5 Å². The first-order valence-electron chi connectivity index (χ1n) is 11.2. The molecule has 0 aliphatic carbocycles. The third-order valence-corrected chi connectivity index (χ3v) is 7.43. The van der Waals surface area contributed by atoms with Gasteiger partial charge in [0.05, 0.1) is 16.9 Å². The van der Waals surface area contributed by atoms with E-state index in [1.165, 1.54) is 6.92 Å². The van der Waals surface area contributed by atoms with Gasteiger partial charge in [-0.1, -0.05) is 29.8 Å². The lowest BCUT2D eigenvalue weighted by Crippen LogP contribution is -2.46. The first-order chi connectivity index (χ1) is 17.4. The van der Waals surface area contributed by atoms with Crippen molar-refractivity contribution >= 4 is 53.0 Å². The van der Waals surface area contributed by atoms with Crippen LogP contribution in [0.15, 0.2) is 42.6 Å². The summed E-state index contributed by atoms with van der Waals surface area (Å²) in [5.74, 6) is -2.45. The van der Waals surface area contributed by atoms with E-state index < -0.39 is 54.3 Å². The normalized spacial score (nSPS) is 17.8. The second-order valence-corrected chi connectivity index (χ2v) is 10.8. The summed E-state index contributed by atoms with van der Waals surface area (Å²) in [5.41, 5.74) is 0.790. The van der Waals surface area contributed by atoms with E-state index in [-0.39, 0.29) is 30.9 Å². The maximum Gasteiger partial charge on any atom is 0.356 e. The number of likely N-dealkylation sites (tertiary alicyclic amines) is 1. The van der Waals surface area contributed by atoms with Crippen molar-refractivity contribution < 1.29 is 37.5 Å². The second kappa shape index (κ2) is 10.3. The molecule has 2 heterocycles. The number of nitrogens with zero attached hydrogens (tertiary/aromatic N) is 2. The number of nitrogens with one attached hydrogen (secondary N) is 1. The number of fused-ring (bicyclic) bond motifs is 1. The van der Waals surface area contributed by atoms with Gasteiger partial charge in [-0.3, -0.25) is 18.9 Å². The van der Waals surface area contributed by atoms with Crippen LogP contribution in [0.2, 0.25) is 5.02 Å². The van der Waals surface area contributed by atoms with Gasteiger partial charge in [0.25, 0.3) is 0 Å². The number of Topliss-reactive ketones (excluding diaryl/α,β-unsaturated/α-hetero) is 1. The van der Waals surface area contributed by atoms with Gasteiger partial charge < -0.3 is 24.6 Å². The van der Waals surface area contributed by atoms with Crippen molar-refractivity contribution in [3.8, 4) is 0 Å². The van der Waals surface area contributed by atoms with Crippen molar-refractivity contribution in [2.24, 2.45) is 0 Å². The van der Waals surface area contributed by atoms with Gasteiger partial charge in [-0.25, -0.2) is 8.78 Å². The smallest absolute Gasteiger partial charge is 0.350 e. The number of alkyl halides is 1. The van der Waals surface area contributed by atoms with Crippen LogP contribution in [0.1, 0.15) is 29.3 Å². The third kappa shape index (κ3) is 5.60. The number of para-hydroxylation sites is 1. The van der Waals surface area contributed by atoms with E-state index in [4.69, 9.17) is 11.6 Å². The van der Waals surface area contributed by atoms with Crippen LogP contribution in [0.3, 0.4) is 0 Å². The Labute approximate surface area is 215 Å². The van der Waals surface area contributed by atoms with Crippen LogP contribution in [0.25, 0.3) is 10.9 Å². The van der Waals surface area contributed by atoms with E-state index in [1.54, 1.807) is 35.0 Å². The van der Waals surface area contributed by atoms with Crippen molar-refractivity contribution in [2.75, 3.05) is 6.54 Å². The molecule has 9 nitrogen and oxygen atoms in total. The topological polar surface area (TPSA) is 129 Å². The Kier molecular flexibility index (Phi) is 7.52. The molecule has 0 saturated carbocycles. The molecule has 1 aliphatic heterocycles. The van der Waals surface area contributed by atoms with E-state index in [0.717, 1.165) is 17.0 Å². The molecule has 0 spiro atoms. The molecule has 37 heavy (non-hydrogen) atoms. The van der Waals surface area contributed by atoms with Crippen molar-refractivity contribution in [1.29, 1.82) is 0 Å². The molecule has 1 fully saturated rings. The minimum Gasteiger partial charge on any atom is -0.350 e. The van der Waals surface area contributed by atoms with E-state index in [1.807, 2.05) is 0 Å². The summed E-state index contributed by atoms with van der Waals surface area (Å²) < 4.78 is 41.8. The lowest BCUT2D eigenvalue weighted by atomic mass is 10.1. The van der Waals surface area contributed by atoms with Gasteiger partial charge in [0.1, 0.15) is 24.6 Å². The fourth-order valence-corrected chi connectivity index (χ4v) is 5.37. The highest BCUT2D eigenvalue weighted by Crippen LogP contribution is 2.35. The summed E-state index contributed by atoms with van der Waals surface area (Å²) in [6.45, 7) is 0.369. The van der Waals surface area contributed by atoms with E-state index >= 15 is 0 Å². The zero-order valence-electron chi connectivity index (χ0n) is 19.5. The van der Waals surface area contributed by atoms with Crippen LogP contribution in [-0.4, -0.2) is 55.6 Å². The van der Waals surface area contributed by atoms with Gasteiger partial charge >= 0.3 is 7.60 Å². The highest BCUT2D eigenvalue weighted by atomic mass is 35.5. The van der Waals surface area contributed by atoms with Crippen LogP contribution >= 0.6 is 19.2 Å². The van der Waals surface area contributed by atoms with Crippen LogP contribution < -0.4 is 10.6 Å². The number of ketones is 1. The molecule has 2 atom stereocenters. The average Bonchev–Trinajstić information content (AvgIpc) is 3.40. The summed E-state index contributed by atoms with van der Waals surface area (Å²) in [6, 6.07) is 7.53. The molecule has 196 valence electrons. The van der Waals surface area contributed by atoms with E-state index in [2.05, 4.69) is 5.32 Å². The molecule has 0 radical (unpaired) electrons. The first-order valence-corrected chi connectivity index (χ1v) is 13.2. The molecule has 13 heteroatoms. The Morgan fingerprint density at radius 1 is 1.22 bits per heavy atom. The van der Waals surface area contributed by atoms with Gasteiger partial charge in [-0.05, 0) is 25.1 Å². The quantitative estimate of drug-likeness (QED) is 0.305. The van der Waals surface area contributed by atoms with Crippen molar-refractivity contribution in [3.05, 3.63) is 64.6 Å². The predicted octanol–water partition coefficient (Wildman–Crippen LogP) is 2.69. The number of aromatic nitrogens is 1. The van der Waals surface area contributed by atoms with Crippen molar-refractivity contribution in [2.45, 2.75) is 38.6 Å². The van der Waals surface area contributed by atoms with Gasteiger partial charge in [-0.15, -0.1) is 0 Å². The minimum atomic E-state index is -4.74. The monoisotopic (exact) mass is 553 g/mol. The summed E-state index contributed by atoms with van der Waals surface area (Å²) in [6.07, 6.45) is -0.184. The number of halogens is 3. The molecule has 2 aromatic carbocycles. The Hall–Kier alpha value is -3.11. The predicted molar refractivity (Wildman–Crippen MR) is 132 cm³/mol. The third-order valence-electron chi connectivity index (χ3n) is 6.22. The Morgan fingerprint density at radius 3 is 2.59 bits per heavy atom. The summed E-state index contributed by atoms with van der Waals surface area (Å²) in [5, 5.41) is 2.02. The van der Waals surface area contributed by atoms with Gasteiger partial charge in [0.15, 0.2) is 5.78 Å². The second-order valence-electron chi connectivity index (χ2n) is 8.80. The number of hydrogen-bond donors (Lipinski definition) is 3. The summed E-state index contributed by atoms with van der Waals surface area (Å²) in [7, 11) is -4.74. The number of amides is 2. The number of benzene rings is 2. The number of rotatable bonds is 7. The molecule has 2 amide bonds. The number of carbonyl (C=O) groups is 3. The van der Waals surface area contributed by atoms with Gasteiger partial charge in [0, 0.05) is 41.2 Å². The lowest BCUT2D eigenvalue weighted by Gasteiger charge is -2.24. The zero-order chi connectivity index (χ0) is 27.1. The molecular formula is C24H23ClF2N3O6P. The SMILES string of the molecule is CC(=O)c1cn(CC(=O)N2C[C@H](F)C[C@H]2C(=O)NCc2cc(P(=O)(O)O)cc(Cl)c2F)c2ccccc12. The maximum atomic E-state index is 14.4. The van der Waals surface area contributed by atoms with Gasteiger partial charge in [0.2, 0.25) is 11.8 Å². The van der Waals surface area contributed by atoms with Gasteiger partial charge in [-0.2, -0.15) is 0 Å².